The van der Waals surface area contributed by atoms with Crippen molar-refractivity contribution in [1.29, 1.82) is 0 Å². The summed E-state index contributed by atoms with van der Waals surface area (Å²) in [6.07, 6.45) is 0.982. The molecule has 0 aliphatic carbocycles. The molecule has 0 bridgehead atoms. The molecule has 0 fully saturated rings. The maximum Gasteiger partial charge on any atom is 0.241 e. The lowest BCUT2D eigenvalue weighted by atomic mass is 10.0. The predicted molar refractivity (Wildman–Crippen MR) is 132 cm³/mol. The SMILES string of the molecule is CC(=O)N1CCc2cc(S(=O)(=O)N[C@H](C(=O)NCCc3ccc(S(N)(=O)=O)cc3)C(C)C)ccc21. The molecule has 3 rings (SSSR count). The molecule has 1 atom stereocenters. The molecule has 0 unspecified atom stereocenters. The third kappa shape index (κ3) is 6.45. The van der Waals surface area contributed by atoms with Gasteiger partial charge in [0.15, 0.2) is 0 Å². The highest BCUT2D eigenvalue weighted by Gasteiger charge is 2.30. The minimum absolute atomic E-state index is 0.000112. The van der Waals surface area contributed by atoms with Crippen LogP contribution in [0.1, 0.15) is 31.9 Å². The van der Waals surface area contributed by atoms with Crippen LogP contribution in [-0.4, -0.2) is 47.8 Å². The van der Waals surface area contributed by atoms with Gasteiger partial charge in [-0.2, -0.15) is 4.72 Å². The Morgan fingerprint density at radius 1 is 1.03 bits per heavy atom. The molecule has 10 nitrogen and oxygen atoms in total. The van der Waals surface area contributed by atoms with E-state index in [-0.39, 0.29) is 28.2 Å². The van der Waals surface area contributed by atoms with E-state index < -0.39 is 32.0 Å². The number of fused-ring (bicyclic) bond motifs is 1. The summed E-state index contributed by atoms with van der Waals surface area (Å²) < 4.78 is 51.3. The van der Waals surface area contributed by atoms with E-state index in [0.717, 1.165) is 11.1 Å². The lowest BCUT2D eigenvalue weighted by molar-refractivity contribution is -0.123. The van der Waals surface area contributed by atoms with E-state index in [1.165, 1.54) is 25.1 Å². The smallest absolute Gasteiger partial charge is 0.241 e. The molecule has 2 aromatic carbocycles. The number of sulfonamides is 2. The molecule has 190 valence electrons. The van der Waals surface area contributed by atoms with Crippen molar-refractivity contribution in [2.75, 3.05) is 18.0 Å². The quantitative estimate of drug-likeness (QED) is 0.444. The van der Waals surface area contributed by atoms with E-state index in [2.05, 4.69) is 10.0 Å². The fourth-order valence-electron chi connectivity index (χ4n) is 3.89. The molecule has 1 heterocycles. The fourth-order valence-corrected chi connectivity index (χ4v) is 5.80. The fraction of sp³-hybridized carbons (Fsp3) is 0.391. The van der Waals surface area contributed by atoms with E-state index >= 15 is 0 Å². The van der Waals surface area contributed by atoms with E-state index in [0.29, 0.717) is 25.1 Å². The lowest BCUT2D eigenvalue weighted by Crippen LogP contribution is -2.49. The second-order valence-electron chi connectivity index (χ2n) is 8.78. The van der Waals surface area contributed by atoms with E-state index in [9.17, 15) is 26.4 Å². The van der Waals surface area contributed by atoms with Crippen molar-refractivity contribution in [1.82, 2.24) is 10.0 Å². The lowest BCUT2D eigenvalue weighted by Gasteiger charge is -2.22. The Balaban J connectivity index is 1.65. The summed E-state index contributed by atoms with van der Waals surface area (Å²) in [5.74, 6) is -0.885. The number of primary sulfonamides is 1. The Morgan fingerprint density at radius 2 is 1.66 bits per heavy atom. The molecule has 2 amide bonds. The summed E-state index contributed by atoms with van der Waals surface area (Å²) in [5, 5.41) is 7.83. The normalized spacial score (nSPS) is 14.6. The summed E-state index contributed by atoms with van der Waals surface area (Å²) in [4.78, 5) is 26.2. The Labute approximate surface area is 206 Å². The Morgan fingerprint density at radius 3 is 2.23 bits per heavy atom. The minimum Gasteiger partial charge on any atom is -0.354 e. The number of hydrogen-bond acceptors (Lipinski definition) is 6. The van der Waals surface area contributed by atoms with E-state index in [4.69, 9.17) is 5.14 Å². The van der Waals surface area contributed by atoms with Gasteiger partial charge in [0.2, 0.25) is 31.9 Å². The summed E-state index contributed by atoms with van der Waals surface area (Å²) in [7, 11) is -7.76. The van der Waals surface area contributed by atoms with Crippen LogP contribution in [0.3, 0.4) is 0 Å². The summed E-state index contributed by atoms with van der Waals surface area (Å²) >= 11 is 0. The number of nitrogens with zero attached hydrogens (tertiary/aromatic N) is 1. The number of nitrogens with two attached hydrogens (primary N) is 1. The first-order valence-electron chi connectivity index (χ1n) is 11.1. The molecular formula is C23H30N4O6S2. The molecule has 0 aromatic heterocycles. The zero-order valence-corrected chi connectivity index (χ0v) is 21.4. The summed E-state index contributed by atoms with van der Waals surface area (Å²) in [6.45, 7) is 5.69. The number of rotatable bonds is 9. The van der Waals surface area contributed by atoms with Gasteiger partial charge < -0.3 is 10.2 Å². The third-order valence-corrected chi connectivity index (χ3v) is 8.20. The van der Waals surface area contributed by atoms with Crippen molar-refractivity contribution in [2.45, 2.75) is 49.4 Å². The average molecular weight is 523 g/mol. The highest BCUT2D eigenvalue weighted by Crippen LogP contribution is 2.30. The van der Waals surface area contributed by atoms with Crippen molar-refractivity contribution in [3.05, 3.63) is 53.6 Å². The highest BCUT2D eigenvalue weighted by molar-refractivity contribution is 7.89. The maximum absolute atomic E-state index is 13.0. The van der Waals surface area contributed by atoms with Crippen molar-refractivity contribution in [3.63, 3.8) is 0 Å². The minimum atomic E-state index is -3.99. The first kappa shape index (κ1) is 26.8. The van der Waals surface area contributed by atoms with Crippen molar-refractivity contribution < 1.29 is 26.4 Å². The van der Waals surface area contributed by atoms with Gasteiger partial charge in [0, 0.05) is 25.7 Å². The van der Waals surface area contributed by atoms with Crippen LogP contribution in [0.15, 0.2) is 52.3 Å². The summed E-state index contributed by atoms with van der Waals surface area (Å²) in [6, 6.07) is 9.60. The van der Waals surface area contributed by atoms with Crippen LogP contribution < -0.4 is 20.1 Å². The van der Waals surface area contributed by atoms with Crippen LogP contribution in [0.2, 0.25) is 0 Å². The monoisotopic (exact) mass is 522 g/mol. The van der Waals surface area contributed by atoms with Crippen molar-refractivity contribution in [3.8, 4) is 0 Å². The van der Waals surface area contributed by atoms with Gasteiger partial charge in [-0.15, -0.1) is 0 Å². The molecule has 2 aromatic rings. The first-order valence-corrected chi connectivity index (χ1v) is 14.2. The molecule has 0 saturated carbocycles. The largest absolute Gasteiger partial charge is 0.354 e. The van der Waals surface area contributed by atoms with Crippen LogP contribution in [0, 0.1) is 5.92 Å². The van der Waals surface area contributed by atoms with Gasteiger partial charge in [-0.3, -0.25) is 9.59 Å². The van der Waals surface area contributed by atoms with Gasteiger partial charge >= 0.3 is 0 Å². The second kappa shape index (κ2) is 10.4. The molecule has 1 aliphatic heterocycles. The topological polar surface area (TPSA) is 156 Å². The molecule has 0 spiro atoms. The van der Waals surface area contributed by atoms with Crippen LogP contribution in [0.25, 0.3) is 0 Å². The average Bonchev–Trinajstić information content (AvgIpc) is 3.20. The predicted octanol–water partition coefficient (Wildman–Crippen LogP) is 0.905. The second-order valence-corrected chi connectivity index (χ2v) is 12.1. The Bertz CT molecular complexity index is 1320. The van der Waals surface area contributed by atoms with Crippen LogP contribution in [0.5, 0.6) is 0 Å². The van der Waals surface area contributed by atoms with Crippen LogP contribution >= 0.6 is 0 Å². The zero-order valence-electron chi connectivity index (χ0n) is 19.8. The van der Waals surface area contributed by atoms with Gasteiger partial charge in [0.05, 0.1) is 9.79 Å². The number of carbonyl (C=O) groups excluding carboxylic acids is 2. The van der Waals surface area contributed by atoms with E-state index in [1.54, 1.807) is 43.0 Å². The number of benzene rings is 2. The Kier molecular flexibility index (Phi) is 8.00. The van der Waals surface area contributed by atoms with Crippen molar-refractivity contribution >= 4 is 37.5 Å². The molecule has 12 heteroatoms. The maximum atomic E-state index is 13.0. The third-order valence-electron chi connectivity index (χ3n) is 5.83. The number of hydrogen-bond donors (Lipinski definition) is 3. The first-order chi connectivity index (χ1) is 16.3. The number of amides is 2. The summed E-state index contributed by atoms with van der Waals surface area (Å²) in [5.41, 5.74) is 2.26. The number of nitrogens with one attached hydrogen (secondary N) is 2. The van der Waals surface area contributed by atoms with Crippen LogP contribution in [-0.2, 0) is 42.5 Å². The standard InChI is InChI=1S/C23H30N4O6S2/c1-15(2)22(23(29)25-12-10-17-4-6-19(7-5-17)34(24,30)31)26-35(32,33)20-8-9-21-18(14-20)11-13-27(21)16(3)28/h4-9,14-15,22,26H,10-13H2,1-3H3,(H,25,29)(H2,24,30,31)/t22-/m0/s1. The van der Waals surface area contributed by atoms with E-state index in [1.807, 2.05) is 0 Å². The molecular weight excluding hydrogens is 492 g/mol. The van der Waals surface area contributed by atoms with Gasteiger partial charge in [-0.1, -0.05) is 26.0 Å². The number of anilines is 1. The Hall–Kier alpha value is -2.80. The molecule has 1 aliphatic rings. The molecule has 0 radical (unpaired) electrons. The zero-order chi connectivity index (χ0) is 26.0. The van der Waals surface area contributed by atoms with Crippen molar-refractivity contribution in [2.24, 2.45) is 11.1 Å². The number of carbonyl (C=O) groups is 2. The van der Waals surface area contributed by atoms with Crippen LogP contribution in [0.4, 0.5) is 5.69 Å². The molecule has 0 saturated heterocycles. The van der Waals surface area contributed by atoms with Gasteiger partial charge in [0.1, 0.15) is 6.04 Å². The van der Waals surface area contributed by atoms with Gasteiger partial charge in [-0.25, -0.2) is 22.0 Å². The van der Waals surface area contributed by atoms with Gasteiger partial charge in [-0.05, 0) is 60.2 Å². The highest BCUT2D eigenvalue weighted by atomic mass is 32.2. The van der Waals surface area contributed by atoms with Gasteiger partial charge in [0.25, 0.3) is 0 Å². The molecule has 4 N–H and O–H groups in total. The molecule has 35 heavy (non-hydrogen) atoms.